The van der Waals surface area contributed by atoms with Gasteiger partial charge < -0.3 is 10.2 Å². The van der Waals surface area contributed by atoms with Gasteiger partial charge in [0.25, 0.3) is 0 Å². The Labute approximate surface area is 122 Å². The van der Waals surface area contributed by atoms with E-state index in [1.807, 2.05) is 4.90 Å². The highest BCUT2D eigenvalue weighted by Gasteiger charge is 2.44. The zero-order chi connectivity index (χ0) is 14.0. The van der Waals surface area contributed by atoms with E-state index in [2.05, 4.69) is 10.3 Å². The third kappa shape index (κ3) is 2.57. The molecule has 2 aliphatic rings. The molecule has 0 radical (unpaired) electrons. The molecule has 0 atom stereocenters. The topological polar surface area (TPSA) is 62.3 Å². The van der Waals surface area contributed by atoms with Crippen molar-refractivity contribution in [3.8, 4) is 0 Å². The van der Waals surface area contributed by atoms with Gasteiger partial charge in [-0.3, -0.25) is 14.6 Å². The van der Waals surface area contributed by atoms with Gasteiger partial charge in [0, 0.05) is 24.0 Å². The molecule has 1 aliphatic carbocycles. The average molecular weight is 293 g/mol. The van der Waals surface area contributed by atoms with Gasteiger partial charge in [0.2, 0.25) is 11.8 Å². The van der Waals surface area contributed by atoms with Crippen molar-refractivity contribution in [1.82, 2.24) is 15.2 Å². The van der Waals surface area contributed by atoms with E-state index in [-0.39, 0.29) is 11.8 Å². The summed E-state index contributed by atoms with van der Waals surface area (Å²) in [4.78, 5) is 31.8. The molecule has 1 saturated carbocycles. The molecule has 6 heteroatoms. The zero-order valence-corrected chi connectivity index (χ0v) is 12.2. The second kappa shape index (κ2) is 5.52. The fourth-order valence-corrected chi connectivity index (χ4v) is 3.79. The molecule has 1 spiro atoms. The van der Waals surface area contributed by atoms with Crippen molar-refractivity contribution in [3.05, 3.63) is 16.6 Å². The second-order valence-corrected chi connectivity index (χ2v) is 6.61. The van der Waals surface area contributed by atoms with E-state index >= 15 is 0 Å². The fourth-order valence-electron chi connectivity index (χ4n) is 3.18. The summed E-state index contributed by atoms with van der Waals surface area (Å²) in [7, 11) is 0. The Morgan fingerprint density at radius 2 is 2.10 bits per heavy atom. The van der Waals surface area contributed by atoms with Crippen LogP contribution in [0.25, 0.3) is 0 Å². The number of nitrogens with one attached hydrogen (secondary N) is 1. The predicted octanol–water partition coefficient (Wildman–Crippen LogP) is 1.69. The summed E-state index contributed by atoms with van der Waals surface area (Å²) >= 11 is 1.55. The van der Waals surface area contributed by atoms with E-state index in [4.69, 9.17) is 0 Å². The third-order valence-electron chi connectivity index (χ3n) is 4.22. The van der Waals surface area contributed by atoms with E-state index in [9.17, 15) is 9.59 Å². The molecule has 108 valence electrons. The first kappa shape index (κ1) is 13.5. The van der Waals surface area contributed by atoms with Gasteiger partial charge in [-0.15, -0.1) is 11.3 Å². The molecule has 1 saturated heterocycles. The van der Waals surface area contributed by atoms with Gasteiger partial charge in [-0.05, 0) is 12.8 Å². The van der Waals surface area contributed by atoms with Crippen LogP contribution < -0.4 is 5.32 Å². The molecule has 2 heterocycles. The van der Waals surface area contributed by atoms with Gasteiger partial charge >= 0.3 is 0 Å². The van der Waals surface area contributed by atoms with Gasteiger partial charge in [0.15, 0.2) is 0 Å². The van der Waals surface area contributed by atoms with Gasteiger partial charge in [0.05, 0.1) is 12.1 Å². The summed E-state index contributed by atoms with van der Waals surface area (Å²) < 4.78 is 0. The predicted molar refractivity (Wildman–Crippen MR) is 76.1 cm³/mol. The Morgan fingerprint density at radius 3 is 2.80 bits per heavy atom. The SMILES string of the molecule is O=C1CCN(Cc2cncs2)C(=O)C2(CCCCC2)N1. The number of carbonyl (C=O) groups excluding carboxylic acids is 2. The van der Waals surface area contributed by atoms with Crippen molar-refractivity contribution < 1.29 is 9.59 Å². The number of thiazole rings is 1. The monoisotopic (exact) mass is 293 g/mol. The summed E-state index contributed by atoms with van der Waals surface area (Å²) in [5.41, 5.74) is 1.13. The second-order valence-electron chi connectivity index (χ2n) is 5.64. The molecular weight excluding hydrogens is 274 g/mol. The maximum absolute atomic E-state index is 12.9. The number of nitrogens with zero attached hydrogens (tertiary/aromatic N) is 2. The van der Waals surface area contributed by atoms with Crippen molar-refractivity contribution in [2.24, 2.45) is 0 Å². The maximum Gasteiger partial charge on any atom is 0.248 e. The van der Waals surface area contributed by atoms with Crippen LogP contribution in [-0.4, -0.2) is 33.8 Å². The minimum Gasteiger partial charge on any atom is -0.342 e. The lowest BCUT2D eigenvalue weighted by atomic mass is 9.80. The van der Waals surface area contributed by atoms with E-state index < -0.39 is 5.54 Å². The number of hydrogen-bond donors (Lipinski definition) is 1. The fraction of sp³-hybridized carbons (Fsp3) is 0.643. The summed E-state index contributed by atoms with van der Waals surface area (Å²) in [5.74, 6) is 0.100. The van der Waals surface area contributed by atoms with Gasteiger partial charge in [-0.25, -0.2) is 0 Å². The summed E-state index contributed by atoms with van der Waals surface area (Å²) in [6.45, 7) is 1.07. The lowest BCUT2D eigenvalue weighted by molar-refractivity contribution is -0.140. The lowest BCUT2D eigenvalue weighted by Gasteiger charge is -2.38. The van der Waals surface area contributed by atoms with Crippen molar-refractivity contribution >= 4 is 23.2 Å². The number of aromatic nitrogens is 1. The van der Waals surface area contributed by atoms with Gasteiger partial charge in [-0.1, -0.05) is 19.3 Å². The zero-order valence-electron chi connectivity index (χ0n) is 11.4. The molecule has 1 aromatic rings. The molecule has 20 heavy (non-hydrogen) atoms. The normalized spacial score (nSPS) is 22.7. The van der Waals surface area contributed by atoms with E-state index in [0.717, 1.165) is 37.0 Å². The molecule has 0 aromatic carbocycles. The molecule has 2 fully saturated rings. The van der Waals surface area contributed by atoms with Gasteiger partial charge in [-0.2, -0.15) is 0 Å². The first-order valence-corrected chi connectivity index (χ1v) is 8.05. The van der Waals surface area contributed by atoms with Crippen molar-refractivity contribution in [1.29, 1.82) is 0 Å². The summed E-state index contributed by atoms with van der Waals surface area (Å²) in [6, 6.07) is 0. The molecule has 0 unspecified atom stereocenters. The van der Waals surface area contributed by atoms with Crippen LogP contribution in [-0.2, 0) is 16.1 Å². The minimum absolute atomic E-state index is 0.00653. The highest BCUT2D eigenvalue weighted by molar-refractivity contribution is 7.09. The first-order chi connectivity index (χ1) is 9.70. The molecule has 2 amide bonds. The van der Waals surface area contributed by atoms with Crippen LogP contribution in [0.15, 0.2) is 11.7 Å². The van der Waals surface area contributed by atoms with Crippen LogP contribution in [0.2, 0.25) is 0 Å². The van der Waals surface area contributed by atoms with Gasteiger partial charge in [0.1, 0.15) is 5.54 Å². The van der Waals surface area contributed by atoms with E-state index in [0.29, 0.717) is 19.5 Å². The number of rotatable bonds is 2. The Balaban J connectivity index is 1.83. The first-order valence-electron chi connectivity index (χ1n) is 7.17. The largest absolute Gasteiger partial charge is 0.342 e. The standard InChI is InChI=1S/C14H19N3O2S/c18-12-4-7-17(9-11-8-15-10-20-11)13(19)14(16-12)5-2-1-3-6-14/h8,10H,1-7,9H2,(H,16,18). The Kier molecular flexibility index (Phi) is 3.74. The molecule has 5 nitrogen and oxygen atoms in total. The van der Waals surface area contributed by atoms with Crippen LogP contribution in [0.3, 0.4) is 0 Å². The van der Waals surface area contributed by atoms with E-state index in [1.165, 1.54) is 0 Å². The molecule has 0 bridgehead atoms. The summed E-state index contributed by atoms with van der Waals surface area (Å²) in [5, 5.41) is 3.01. The van der Waals surface area contributed by atoms with Crippen molar-refractivity contribution in [3.63, 3.8) is 0 Å². The summed E-state index contributed by atoms with van der Waals surface area (Å²) in [6.07, 6.45) is 6.92. The molecule has 1 N–H and O–H groups in total. The third-order valence-corrected chi connectivity index (χ3v) is 4.99. The molecule has 3 rings (SSSR count). The quantitative estimate of drug-likeness (QED) is 0.902. The van der Waals surface area contributed by atoms with Crippen LogP contribution in [0.5, 0.6) is 0 Å². The average Bonchev–Trinajstić information content (AvgIpc) is 2.93. The Hall–Kier alpha value is -1.43. The van der Waals surface area contributed by atoms with Crippen LogP contribution in [0.1, 0.15) is 43.4 Å². The number of carbonyl (C=O) groups is 2. The van der Waals surface area contributed by atoms with Crippen molar-refractivity contribution in [2.75, 3.05) is 6.54 Å². The van der Waals surface area contributed by atoms with E-state index in [1.54, 1.807) is 23.0 Å². The van der Waals surface area contributed by atoms with Crippen LogP contribution in [0.4, 0.5) is 0 Å². The highest BCUT2D eigenvalue weighted by atomic mass is 32.1. The molecule has 1 aliphatic heterocycles. The Morgan fingerprint density at radius 1 is 1.30 bits per heavy atom. The molecule has 1 aromatic heterocycles. The number of amides is 2. The highest BCUT2D eigenvalue weighted by Crippen LogP contribution is 2.32. The lowest BCUT2D eigenvalue weighted by Crippen LogP contribution is -2.57. The van der Waals surface area contributed by atoms with Crippen molar-refractivity contribution in [2.45, 2.75) is 50.6 Å². The maximum atomic E-state index is 12.9. The number of hydrogen-bond acceptors (Lipinski definition) is 4. The smallest absolute Gasteiger partial charge is 0.248 e. The Bertz CT molecular complexity index is 495. The molecular formula is C14H19N3O2S. The van der Waals surface area contributed by atoms with Crippen LogP contribution >= 0.6 is 11.3 Å². The van der Waals surface area contributed by atoms with Crippen LogP contribution in [0, 0.1) is 0 Å². The minimum atomic E-state index is -0.642.